The van der Waals surface area contributed by atoms with Gasteiger partial charge in [0.15, 0.2) is 0 Å². The molecule has 115 heavy (non-hydrogen) atoms. The Morgan fingerprint density at radius 3 is 0.765 bits per heavy atom. The van der Waals surface area contributed by atoms with Crippen LogP contribution in [0, 0.1) is 7.43 Å². The first-order chi connectivity index (χ1) is 51.1. The molecule has 5 aliphatic heterocycles. The Bertz CT molecular complexity index is 2790. The Balaban J connectivity index is -0.000000319. The van der Waals surface area contributed by atoms with E-state index in [1.54, 1.807) is 31.4 Å². The predicted molar refractivity (Wildman–Crippen MR) is 422 cm³/mol. The Hall–Kier alpha value is -3.89. The second-order valence-electron chi connectivity index (χ2n) is 26.2. The van der Waals surface area contributed by atoms with Crippen molar-refractivity contribution in [2.24, 2.45) is 0 Å². The molecule has 0 spiro atoms. The van der Waals surface area contributed by atoms with Gasteiger partial charge in [-0.25, -0.2) is 0 Å². The third kappa shape index (κ3) is 68.5. The van der Waals surface area contributed by atoms with Gasteiger partial charge in [-0.3, -0.25) is 92.5 Å². The first kappa shape index (κ1) is 122. The quantitative estimate of drug-likeness (QED) is 0.0336. The van der Waals surface area contributed by atoms with Gasteiger partial charge >= 0.3 is 75.9 Å². The van der Waals surface area contributed by atoms with E-state index in [9.17, 15) is 53.6 Å². The summed E-state index contributed by atoms with van der Waals surface area (Å²) in [5.41, 5.74) is 3.79. The molecular formula is C69H124Mn5N20O20P-3. The maximum absolute atomic E-state index is 11.1. The van der Waals surface area contributed by atoms with Gasteiger partial charge in [-0.2, -0.15) is 13.1 Å². The van der Waals surface area contributed by atoms with Gasteiger partial charge in [-0.05, 0) is 96.6 Å². The number of pyridine rings is 2. The summed E-state index contributed by atoms with van der Waals surface area (Å²) in [6, 6.07) is 11.8. The molecule has 3 saturated heterocycles. The summed E-state index contributed by atoms with van der Waals surface area (Å²) in [6.07, 6.45) is 3.08. The van der Waals surface area contributed by atoms with Crippen molar-refractivity contribution in [1.29, 1.82) is 0 Å². The minimum absolute atomic E-state index is 0. The topological polar surface area (TPSA) is 576 Å². The smallest absolute Gasteiger partial charge is 0.663 e. The molecule has 7 rings (SSSR count). The molecule has 46 heteroatoms. The Morgan fingerprint density at radius 2 is 0.548 bits per heavy atom. The third-order valence-electron chi connectivity index (χ3n) is 16.5. The maximum Gasteiger partial charge on any atom is 3.00 e. The molecule has 0 saturated carbocycles. The zero-order valence-electron chi connectivity index (χ0n) is 66.0. The molecule has 3 radical (unpaired) electrons. The van der Waals surface area contributed by atoms with E-state index < -0.39 is 55.2 Å². The van der Waals surface area contributed by atoms with Gasteiger partial charge in [0.1, 0.15) is 7.34 Å². The summed E-state index contributed by atoms with van der Waals surface area (Å²) in [7, 11) is -3.03. The first-order valence-corrected chi connectivity index (χ1v) is 38.1. The van der Waals surface area contributed by atoms with Crippen LogP contribution in [0.1, 0.15) is 29.7 Å². The van der Waals surface area contributed by atoms with Crippen LogP contribution in [0.5, 0.6) is 0 Å². The van der Waals surface area contributed by atoms with Gasteiger partial charge in [0.2, 0.25) is 0 Å². The number of hydrogen-bond acceptors (Lipinski definition) is 23. The van der Waals surface area contributed by atoms with Gasteiger partial charge < -0.3 is 117 Å². The van der Waals surface area contributed by atoms with Crippen LogP contribution in [0.3, 0.4) is 0 Å². The van der Waals surface area contributed by atoms with E-state index in [2.05, 4.69) is 70.3 Å². The predicted octanol–water partition coefficient (Wildman–Crippen LogP) is -0.745. The largest absolute Gasteiger partial charge is 3.00 e. The minimum Gasteiger partial charge on any atom is -0.663 e. The minimum atomic E-state index is -3.03. The molecule has 2 aromatic rings. The number of aliphatic hydroxyl groups excluding tert-OH is 2. The van der Waals surface area contributed by atoms with E-state index in [0.717, 1.165) is 35.9 Å². The van der Waals surface area contributed by atoms with Crippen LogP contribution >= 0.6 is 7.34 Å². The molecule has 4 bridgehead atoms. The average Bonchev–Trinajstić information content (AvgIpc) is 0.908. The van der Waals surface area contributed by atoms with Crippen molar-refractivity contribution in [2.75, 3.05) is 275 Å². The molecular weight excluding hydrogens is 1730 g/mol. The fraction of sp³-hybridized carbons (Fsp3) is 0.696. The summed E-state index contributed by atoms with van der Waals surface area (Å²) in [4.78, 5) is 123. The van der Waals surface area contributed by atoms with Gasteiger partial charge in [-0.1, -0.05) is 25.0 Å². The molecule has 5 aliphatic rings. The van der Waals surface area contributed by atoms with Crippen LogP contribution in [0.2, 0.25) is 0 Å². The molecule has 663 valence electrons. The Labute approximate surface area is 730 Å². The number of rotatable bonds is 20. The van der Waals surface area contributed by atoms with E-state index in [-0.39, 0.29) is 162 Å². The fourth-order valence-electron chi connectivity index (χ4n) is 11.3. The van der Waals surface area contributed by atoms with Gasteiger partial charge in [-0.15, -0.1) is 91.6 Å². The number of aromatic nitrogens is 2. The molecule has 1 unspecified atom stereocenters. The maximum atomic E-state index is 11.1. The van der Waals surface area contributed by atoms with Crippen LogP contribution in [-0.4, -0.2) is 454 Å². The van der Waals surface area contributed by atoms with Crippen LogP contribution in [-0.2, 0) is 145 Å². The summed E-state index contributed by atoms with van der Waals surface area (Å²) in [6.45, 7) is 26.7. The fourth-order valence-corrected chi connectivity index (χ4v) is 12.2. The number of aliphatic carboxylic acids is 7. The summed E-state index contributed by atoms with van der Waals surface area (Å²) in [5.74, 6) is -6.11. The van der Waals surface area contributed by atoms with Crippen molar-refractivity contribution in [1.82, 2.24) is 59.0 Å². The number of carboxylic acid groups (broad SMARTS) is 7. The molecule has 2 aromatic heterocycles. The Kier molecular flexibility index (Phi) is 78.4. The van der Waals surface area contributed by atoms with Crippen molar-refractivity contribution >= 4 is 55.4 Å². The summed E-state index contributed by atoms with van der Waals surface area (Å²) >= 11 is 0. The van der Waals surface area contributed by atoms with Gasteiger partial charge in [0, 0.05) is 146 Å². The van der Waals surface area contributed by atoms with E-state index in [1.165, 1.54) is 0 Å². The van der Waals surface area contributed by atoms with Crippen molar-refractivity contribution < 1.29 is 186 Å². The van der Waals surface area contributed by atoms with Crippen LogP contribution in [0.25, 0.3) is 42.5 Å². The third-order valence-corrected chi connectivity index (χ3v) is 17.4. The van der Waals surface area contributed by atoms with Crippen molar-refractivity contribution in [3.8, 4) is 0 Å². The molecule has 15 N–H and O–H groups in total. The second-order valence-corrected chi connectivity index (χ2v) is 28.2. The molecule has 0 amide bonds. The second kappa shape index (κ2) is 74.0. The number of aliphatic hydroxyl groups is 2. The van der Waals surface area contributed by atoms with Crippen LogP contribution < -0.4 is 0 Å². The van der Waals surface area contributed by atoms with E-state index >= 15 is 0 Å². The molecule has 1 atom stereocenters. The number of nitrogens with zero attached hydrogens (tertiary/aromatic N) is 20. The number of carbonyl (C=O) groups is 7. The number of fused-ring (bicyclic) bond motifs is 4. The number of carboxylic acids is 7. The van der Waals surface area contributed by atoms with Gasteiger partial charge in [0.25, 0.3) is 0 Å². The normalized spacial score (nSPS) is 18.6. The van der Waals surface area contributed by atoms with Gasteiger partial charge in [0.05, 0.1) is 70.5 Å². The van der Waals surface area contributed by atoms with Crippen LogP contribution in [0.15, 0.2) is 48.7 Å². The van der Waals surface area contributed by atoms with E-state index in [4.69, 9.17) is 35.7 Å². The average molecular weight is 1860 g/mol. The zero-order chi connectivity index (χ0) is 78.6. The zero-order valence-corrected chi connectivity index (χ0v) is 72.8. The Morgan fingerprint density at radius 1 is 0.357 bits per heavy atom. The summed E-state index contributed by atoms with van der Waals surface area (Å²) in [5, 5.41) is 117. The summed E-state index contributed by atoms with van der Waals surface area (Å²) < 4.78 is 0. The molecule has 0 aliphatic carbocycles. The molecule has 40 nitrogen and oxygen atoms in total. The molecule has 0 aromatic carbocycles. The standard InChI is InChI=1S/C17H32N4O7.C13H24N4O3.C13H21N4O2P.C13H18N4O2.C12H22N4O4.CH3.5Mn.2H2O/c1-14(22)10-18-2-4-19(11-15(23)24)6-8-21(13-17(27)28)9-7-20(5-3-18)12-16(25)26;1-12(18)10-16-6-2-14-4-8-17(11-13(19)20)9-5-15-3-7-16;1-20(18,19)11-17-7-5-14-9-12-3-2-4-13(16-12)10-15-6-8-17;18-13(19)10-17-6-4-14-8-11-2-1-3-12(16-11)9-15-5-7-17;17-11(18)9-15-5-3-13-1-2-14-4-6-16(8-7-15)10-12(19)20;;;;;;;;/h14,22H,2-13H2,1H3,(H,23,24)(H,25,26)(H,27,28);18H,1-11H2,(H,19,20);2-4,18-19H,1,5-11H2;1-3H,4-10H2,(H,18,19);1-10H2,(H,17,18)(H,19,20);1H3;;;;;;2*1H2/q;4*-2;-1;;;;2*+3;;. The monoisotopic (exact) mass is 1860 g/mol. The molecule has 7 heterocycles. The number of hydrogen-bond donors (Lipinski definition) is 11. The van der Waals surface area contributed by atoms with E-state index in [0.29, 0.717) is 236 Å². The van der Waals surface area contributed by atoms with E-state index in [1.807, 2.05) is 56.0 Å². The number of β-amino-alcohol motifs (C(OH)–C–C–N with tert-alkyl or cyclic N) is 1. The van der Waals surface area contributed by atoms with Crippen molar-refractivity contribution in [3.05, 3.63) is 121 Å². The first-order valence-electron chi connectivity index (χ1n) is 36.0. The molecule has 3 fully saturated rings. The van der Waals surface area contributed by atoms with Crippen molar-refractivity contribution in [2.45, 2.75) is 39.2 Å². The van der Waals surface area contributed by atoms with Crippen LogP contribution in [0.4, 0.5) is 0 Å². The van der Waals surface area contributed by atoms with Crippen molar-refractivity contribution in [3.63, 3.8) is 0 Å². The SMILES string of the molecule is C=C(O)CN1CC[N-]CCN(CC(=O)O)CC[N-]CC1.C=P(O)(O)CN1CC[N-]Cc2cccc(n2)C[N-]CC1.CC(O)CN1CCN(CC(=O)O)CCN(CC(=O)O)CCN(CC(=O)O)CC1.O.O.O=C(O)CN1CC[N-]CC[N-]CCN(CC(=O)O)CC1.O=C(O)CN1CC[N-]Cc2cccc(n2)C[N-]CC1.[CH3-].[Mn+3].[Mn+3].[Mn].[Mn].[Mn].